The number of benzene rings is 2. The molecule has 0 spiro atoms. The zero-order valence-corrected chi connectivity index (χ0v) is 16.6. The van der Waals surface area contributed by atoms with Crippen LogP contribution >= 0.6 is 0 Å². The summed E-state index contributed by atoms with van der Waals surface area (Å²) >= 11 is 0. The molecule has 2 aromatic carbocycles. The zero-order chi connectivity index (χ0) is 20.9. The summed E-state index contributed by atoms with van der Waals surface area (Å²) in [6.07, 6.45) is 1.00. The summed E-state index contributed by atoms with van der Waals surface area (Å²) in [7, 11) is 0. The van der Waals surface area contributed by atoms with Gasteiger partial charge in [0, 0.05) is 13.1 Å². The minimum atomic E-state index is -0.676. The van der Waals surface area contributed by atoms with Crippen molar-refractivity contribution in [2.45, 2.75) is 25.8 Å². The third-order valence-electron chi connectivity index (χ3n) is 5.34. The number of carbonyl (C=O) groups is 2. The van der Waals surface area contributed by atoms with Crippen LogP contribution in [0.15, 0.2) is 54.6 Å². The molecule has 1 fully saturated rings. The van der Waals surface area contributed by atoms with Gasteiger partial charge in [0.15, 0.2) is 0 Å². The second-order valence-electron chi connectivity index (χ2n) is 7.83. The van der Waals surface area contributed by atoms with Crippen LogP contribution in [-0.4, -0.2) is 36.5 Å². The van der Waals surface area contributed by atoms with Gasteiger partial charge in [-0.2, -0.15) is 0 Å². The maximum absolute atomic E-state index is 12.9. The van der Waals surface area contributed by atoms with Gasteiger partial charge in [-0.05, 0) is 48.2 Å². The van der Waals surface area contributed by atoms with Crippen LogP contribution in [-0.2, 0) is 4.79 Å². The average molecular weight is 396 g/mol. The molecule has 0 aliphatic carbocycles. The van der Waals surface area contributed by atoms with E-state index < -0.39 is 12.1 Å². The van der Waals surface area contributed by atoms with Crippen LogP contribution in [0.3, 0.4) is 0 Å². The number of para-hydroxylation sites is 1. The lowest BCUT2D eigenvalue weighted by Crippen LogP contribution is -2.39. The van der Waals surface area contributed by atoms with Crippen LogP contribution in [0.1, 0.15) is 31.4 Å². The number of nitrogens with one attached hydrogen (secondary N) is 1. The fraction of sp³-hybridized carbons (Fsp3) is 0.364. The third kappa shape index (κ3) is 5.48. The van der Waals surface area contributed by atoms with Crippen molar-refractivity contribution in [3.05, 3.63) is 60.2 Å². The monoisotopic (exact) mass is 396 g/mol. The first kappa shape index (κ1) is 20.7. The van der Waals surface area contributed by atoms with Crippen molar-refractivity contribution in [1.29, 1.82) is 0 Å². The van der Waals surface area contributed by atoms with Crippen LogP contribution in [0.25, 0.3) is 0 Å². The topological polar surface area (TPSA) is 111 Å². The molecule has 154 valence electrons. The van der Waals surface area contributed by atoms with Crippen molar-refractivity contribution in [2.24, 2.45) is 16.9 Å². The summed E-state index contributed by atoms with van der Waals surface area (Å²) in [6, 6.07) is 15.5. The molecule has 7 nitrogen and oxygen atoms in total. The molecular formula is C22H28N4O3. The molecule has 2 aromatic rings. The highest BCUT2D eigenvalue weighted by molar-refractivity contribution is 5.79. The van der Waals surface area contributed by atoms with Gasteiger partial charge in [-0.1, -0.05) is 37.3 Å². The Balaban J connectivity index is 1.74. The van der Waals surface area contributed by atoms with Crippen molar-refractivity contribution in [3.8, 4) is 11.5 Å². The first-order valence-corrected chi connectivity index (χ1v) is 9.75. The molecule has 0 bridgehead atoms. The lowest BCUT2D eigenvalue weighted by Gasteiger charge is -2.25. The quantitative estimate of drug-likeness (QED) is 0.668. The van der Waals surface area contributed by atoms with E-state index in [9.17, 15) is 9.59 Å². The van der Waals surface area contributed by atoms with E-state index in [0.717, 1.165) is 12.0 Å². The maximum atomic E-state index is 12.9. The van der Waals surface area contributed by atoms with E-state index in [-0.39, 0.29) is 17.7 Å². The molecule has 2 atom stereocenters. The average Bonchev–Trinajstić information content (AvgIpc) is 3.11. The molecule has 7 heteroatoms. The Labute approximate surface area is 171 Å². The lowest BCUT2D eigenvalue weighted by molar-refractivity contribution is -0.131. The van der Waals surface area contributed by atoms with E-state index in [2.05, 4.69) is 12.2 Å². The van der Waals surface area contributed by atoms with Gasteiger partial charge >= 0.3 is 6.03 Å². The van der Waals surface area contributed by atoms with Gasteiger partial charge in [-0.25, -0.2) is 4.79 Å². The molecule has 1 heterocycles. The molecule has 29 heavy (non-hydrogen) atoms. The Morgan fingerprint density at radius 3 is 2.55 bits per heavy atom. The maximum Gasteiger partial charge on any atom is 0.312 e. The number of amides is 3. The molecule has 5 N–H and O–H groups in total. The van der Waals surface area contributed by atoms with Crippen LogP contribution in [0.4, 0.5) is 4.79 Å². The third-order valence-corrected chi connectivity index (χ3v) is 5.34. The van der Waals surface area contributed by atoms with Gasteiger partial charge in [0.2, 0.25) is 5.91 Å². The predicted molar refractivity (Wildman–Crippen MR) is 111 cm³/mol. The molecule has 1 aliphatic rings. The highest BCUT2D eigenvalue weighted by atomic mass is 16.5. The summed E-state index contributed by atoms with van der Waals surface area (Å²) < 4.78 is 5.87. The highest BCUT2D eigenvalue weighted by Gasteiger charge is 2.35. The van der Waals surface area contributed by atoms with Crippen LogP contribution in [0.5, 0.6) is 11.5 Å². The number of hydrogen-bond acceptors (Lipinski definition) is 4. The van der Waals surface area contributed by atoms with Crippen molar-refractivity contribution in [1.82, 2.24) is 10.2 Å². The smallest absolute Gasteiger partial charge is 0.312 e. The van der Waals surface area contributed by atoms with Gasteiger partial charge in [-0.3, -0.25) is 4.79 Å². The number of likely N-dealkylation sites (tertiary alicyclic amines) is 1. The first-order valence-electron chi connectivity index (χ1n) is 9.75. The van der Waals surface area contributed by atoms with E-state index in [4.69, 9.17) is 16.2 Å². The number of carbonyl (C=O) groups excluding carboxylic acids is 2. The highest BCUT2D eigenvalue weighted by Crippen LogP contribution is 2.31. The fourth-order valence-electron chi connectivity index (χ4n) is 3.55. The van der Waals surface area contributed by atoms with Crippen LogP contribution in [0.2, 0.25) is 0 Å². The van der Waals surface area contributed by atoms with Crippen molar-refractivity contribution >= 4 is 11.9 Å². The van der Waals surface area contributed by atoms with Gasteiger partial charge in [0.1, 0.15) is 11.5 Å². The number of hydrogen-bond donors (Lipinski definition) is 3. The fourth-order valence-corrected chi connectivity index (χ4v) is 3.55. The van der Waals surface area contributed by atoms with Crippen molar-refractivity contribution in [3.63, 3.8) is 0 Å². The van der Waals surface area contributed by atoms with E-state index in [0.29, 0.717) is 31.1 Å². The number of nitrogens with two attached hydrogens (primary N) is 2. The summed E-state index contributed by atoms with van der Waals surface area (Å²) in [5.74, 6) is 1.29. The van der Waals surface area contributed by atoms with E-state index in [1.807, 2.05) is 59.5 Å². The van der Waals surface area contributed by atoms with Gasteiger partial charge in [-0.15, -0.1) is 0 Å². The Hall–Kier alpha value is -3.06. The van der Waals surface area contributed by atoms with Crippen molar-refractivity contribution in [2.75, 3.05) is 19.6 Å². The molecule has 3 amide bonds. The summed E-state index contributed by atoms with van der Waals surface area (Å²) in [5.41, 5.74) is 11.9. The minimum absolute atomic E-state index is 0.0321. The summed E-state index contributed by atoms with van der Waals surface area (Å²) in [5, 5.41) is 2.69. The summed E-state index contributed by atoms with van der Waals surface area (Å²) in [6.45, 7) is 3.93. The number of rotatable bonds is 7. The zero-order valence-electron chi connectivity index (χ0n) is 16.6. The number of ether oxygens (including phenoxy) is 1. The summed E-state index contributed by atoms with van der Waals surface area (Å²) in [4.78, 5) is 26.2. The van der Waals surface area contributed by atoms with Crippen molar-refractivity contribution < 1.29 is 14.3 Å². The Kier molecular flexibility index (Phi) is 6.39. The first-order chi connectivity index (χ1) is 13.9. The SMILES string of the molecule is CC1(CN)CCN(C(=O)CC(NC(N)=O)c2cccc(Oc3ccccc3)c2)C1. The van der Waals surface area contributed by atoms with E-state index >= 15 is 0 Å². The molecular weight excluding hydrogens is 368 g/mol. The molecule has 3 rings (SSSR count). The Morgan fingerprint density at radius 2 is 1.90 bits per heavy atom. The number of nitrogens with zero attached hydrogens (tertiary/aromatic N) is 1. The molecule has 0 aromatic heterocycles. The lowest BCUT2D eigenvalue weighted by atomic mass is 9.90. The molecule has 1 aliphatic heterocycles. The molecule has 0 radical (unpaired) electrons. The Bertz CT molecular complexity index is 858. The number of primary amides is 1. The minimum Gasteiger partial charge on any atom is -0.457 e. The van der Waals surface area contributed by atoms with Gasteiger partial charge in [0.05, 0.1) is 12.5 Å². The normalized spacial score (nSPS) is 19.6. The largest absolute Gasteiger partial charge is 0.457 e. The van der Waals surface area contributed by atoms with E-state index in [1.165, 1.54) is 0 Å². The standard InChI is InChI=1S/C22H28N4O3/c1-22(14-23)10-11-26(15-22)20(27)13-19(25-21(24)28)16-6-5-9-18(12-16)29-17-7-3-2-4-8-17/h2-9,12,19H,10-11,13-15,23H2,1H3,(H3,24,25,28). The number of urea groups is 1. The molecule has 2 unspecified atom stereocenters. The Morgan fingerprint density at radius 1 is 1.17 bits per heavy atom. The second-order valence-corrected chi connectivity index (χ2v) is 7.83. The predicted octanol–water partition coefficient (Wildman–Crippen LogP) is 2.78. The van der Waals surface area contributed by atoms with Crippen LogP contribution < -0.4 is 21.5 Å². The van der Waals surface area contributed by atoms with E-state index in [1.54, 1.807) is 0 Å². The molecule has 1 saturated heterocycles. The second kappa shape index (κ2) is 8.96. The van der Waals surface area contributed by atoms with Gasteiger partial charge < -0.3 is 26.4 Å². The van der Waals surface area contributed by atoms with Crippen LogP contribution in [0, 0.1) is 5.41 Å². The van der Waals surface area contributed by atoms with Gasteiger partial charge in [0.25, 0.3) is 0 Å². The molecule has 0 saturated carbocycles.